The zero-order valence-corrected chi connectivity index (χ0v) is 40.7. The predicted molar refractivity (Wildman–Crippen MR) is 272 cm³/mol. The summed E-state index contributed by atoms with van der Waals surface area (Å²) >= 11 is 0. The number of anilines is 3. The minimum Gasteiger partial charge on any atom is -0.354 e. The molecule has 10 rings (SSSR count). The van der Waals surface area contributed by atoms with Gasteiger partial charge in [0.1, 0.15) is 13.1 Å². The van der Waals surface area contributed by atoms with Crippen LogP contribution in [0.15, 0.2) is 126 Å². The van der Waals surface area contributed by atoms with Crippen molar-refractivity contribution in [3.8, 4) is 0 Å². The molecule has 2 saturated heterocycles. The predicted octanol–water partition coefficient (Wildman–Crippen LogP) is 9.04. The first-order chi connectivity index (χ1) is 31.8. The second kappa shape index (κ2) is 17.5. The monoisotopic (exact) mass is 922 g/mol. The van der Waals surface area contributed by atoms with E-state index in [0.717, 1.165) is 59.8 Å². The number of nitrogens with zero attached hydrogens (tertiary/aromatic N) is 4. The first-order valence-electron chi connectivity index (χ1n) is 23.5. The van der Waals surface area contributed by atoms with Crippen LogP contribution in [0.1, 0.15) is 68.4 Å². The summed E-state index contributed by atoms with van der Waals surface area (Å²) in [7, 11) is 3.42. The van der Waals surface area contributed by atoms with E-state index in [1.807, 2.05) is 17.2 Å². The summed E-state index contributed by atoms with van der Waals surface area (Å²) in [5.41, 5.74) is 12.6. The van der Waals surface area contributed by atoms with Gasteiger partial charge in [0.2, 0.25) is 11.8 Å². The normalized spacial score (nSPS) is 25.0. The van der Waals surface area contributed by atoms with Crippen LogP contribution in [-0.2, 0) is 29.9 Å². The Kier molecular flexibility index (Phi) is 11.8. The van der Waals surface area contributed by atoms with Crippen LogP contribution < -0.4 is 25.3 Å². The summed E-state index contributed by atoms with van der Waals surface area (Å²) in [4.78, 5) is 35.5. The van der Waals surface area contributed by atoms with Gasteiger partial charge < -0.3 is 39.7 Å². The molecule has 12 heteroatoms. The number of carbonyl (C=O) groups excluding carboxylic acids is 2. The molecule has 2 N–H and O–H groups in total. The standard InChI is InChI=1S/C54H62N6O4S2/c1-37-15-17-47-43(31-37)51(3,4)53(59(47)25-27-63-53)33-39-19-23-57(45-13-9-7-11-41(39)45)35-49(61)55-21-29-65-66-30-22-56-50(62)36-58-24-20-40(42-12-8-10-14-46(42)58)34-54-52(5,6)44-32-38(2)16-18-48(44)60(54)26-28-64-54/h7-9,11-13,15-20,23-24,31-34H,10,14,21-22,25-30,35-36H2,1-6H3,(H,55,61)(H,56,62)/b39-33+,40-34+. The summed E-state index contributed by atoms with van der Waals surface area (Å²) in [6.07, 6.45) is 19.3. The van der Waals surface area contributed by atoms with E-state index in [1.165, 1.54) is 44.9 Å². The van der Waals surface area contributed by atoms with Crippen molar-refractivity contribution in [3.63, 3.8) is 0 Å². The second-order valence-corrected chi connectivity index (χ2v) is 22.1. The van der Waals surface area contributed by atoms with Crippen LogP contribution in [0.5, 0.6) is 0 Å². The number of ether oxygens (including phenoxy) is 2. The highest BCUT2D eigenvalue weighted by Crippen LogP contribution is 2.57. The van der Waals surface area contributed by atoms with Crippen molar-refractivity contribution in [2.24, 2.45) is 0 Å². The quantitative estimate of drug-likeness (QED) is 0.128. The van der Waals surface area contributed by atoms with E-state index in [4.69, 9.17) is 9.47 Å². The fourth-order valence-corrected chi connectivity index (χ4v) is 13.1. The van der Waals surface area contributed by atoms with Crippen molar-refractivity contribution < 1.29 is 19.1 Å². The third-order valence-electron chi connectivity index (χ3n) is 14.7. The molecule has 0 radical (unpaired) electrons. The van der Waals surface area contributed by atoms with E-state index < -0.39 is 11.4 Å². The fourth-order valence-electron chi connectivity index (χ4n) is 11.3. The maximum atomic E-state index is 13.2. The van der Waals surface area contributed by atoms with Gasteiger partial charge in [0.15, 0.2) is 11.4 Å². The van der Waals surface area contributed by atoms with Crippen molar-refractivity contribution in [1.82, 2.24) is 15.5 Å². The molecule has 0 saturated carbocycles. The van der Waals surface area contributed by atoms with Crippen LogP contribution in [0.2, 0.25) is 0 Å². The zero-order valence-electron chi connectivity index (χ0n) is 39.1. The Morgan fingerprint density at radius 3 is 1.85 bits per heavy atom. The summed E-state index contributed by atoms with van der Waals surface area (Å²) in [6.45, 7) is 18.2. The maximum Gasteiger partial charge on any atom is 0.239 e. The molecule has 2 amide bonds. The van der Waals surface area contributed by atoms with E-state index >= 15 is 0 Å². The molecule has 2 atom stereocenters. The number of fused-ring (bicyclic) bond motifs is 7. The van der Waals surface area contributed by atoms with Crippen LogP contribution in [0.3, 0.4) is 0 Å². The van der Waals surface area contributed by atoms with Crippen molar-refractivity contribution in [1.29, 1.82) is 0 Å². The summed E-state index contributed by atoms with van der Waals surface area (Å²) in [6, 6.07) is 21.8. The molecular formula is C54H62N6O4S2. The number of amides is 2. The Bertz CT molecular complexity index is 2650. The molecule has 6 aliphatic heterocycles. The van der Waals surface area contributed by atoms with Gasteiger partial charge in [0.25, 0.3) is 0 Å². The van der Waals surface area contributed by atoms with Crippen LogP contribution in [0, 0.1) is 13.8 Å². The van der Waals surface area contributed by atoms with Gasteiger partial charge in [0, 0.05) is 94.8 Å². The number of allylic oxidation sites excluding steroid dienone is 8. The van der Waals surface area contributed by atoms with Crippen molar-refractivity contribution >= 4 is 56.0 Å². The first-order valence-corrected chi connectivity index (χ1v) is 26.0. The Hall–Kier alpha value is -5.14. The topological polar surface area (TPSA) is 89.6 Å². The van der Waals surface area contributed by atoms with Gasteiger partial charge in [-0.25, -0.2) is 0 Å². The Morgan fingerprint density at radius 2 is 1.23 bits per heavy atom. The van der Waals surface area contributed by atoms with Crippen LogP contribution >= 0.6 is 21.6 Å². The van der Waals surface area contributed by atoms with Gasteiger partial charge >= 0.3 is 0 Å². The molecule has 3 aromatic carbocycles. The zero-order chi connectivity index (χ0) is 45.8. The molecule has 2 unspecified atom stereocenters. The molecule has 0 spiro atoms. The SMILES string of the molecule is Cc1ccc2c(c1)C(C)(C)C1(/C=C3\C=CN(CC(=O)NCCSSCCNC(=O)CN4C=C/C(=C\C56OCCN5c5ccc(C)cc5C6(C)C)c5ccccc54)C4=C3C=CCC4)OCCN21. The number of aryl methyl sites for hydroxylation is 2. The number of para-hydroxylation sites is 1. The minimum atomic E-state index is -0.602. The average molecular weight is 923 g/mol. The number of rotatable bonds is 13. The van der Waals surface area contributed by atoms with E-state index in [1.54, 1.807) is 21.6 Å². The molecule has 0 bridgehead atoms. The molecule has 10 nitrogen and oxygen atoms in total. The molecule has 7 aliphatic rings. The number of nitrogens with one attached hydrogen (secondary N) is 2. The molecule has 66 heavy (non-hydrogen) atoms. The average Bonchev–Trinajstić information content (AvgIpc) is 4.02. The third kappa shape index (κ3) is 7.52. The van der Waals surface area contributed by atoms with Crippen molar-refractivity contribution in [2.45, 2.75) is 76.7 Å². The van der Waals surface area contributed by atoms with Gasteiger partial charge in [-0.1, -0.05) is 115 Å². The molecule has 6 heterocycles. The fraction of sp³-hybridized carbons (Fsp3) is 0.407. The smallest absolute Gasteiger partial charge is 0.239 e. The lowest BCUT2D eigenvalue weighted by Gasteiger charge is -2.41. The third-order valence-corrected chi connectivity index (χ3v) is 17.1. The first kappa shape index (κ1) is 44.7. The Labute approximate surface area is 398 Å². The largest absolute Gasteiger partial charge is 0.354 e. The number of carbonyl (C=O) groups is 2. The molecular weight excluding hydrogens is 861 g/mol. The number of hydrogen-bond acceptors (Lipinski definition) is 10. The number of benzene rings is 3. The van der Waals surface area contributed by atoms with Crippen molar-refractivity contribution in [2.75, 3.05) is 78.7 Å². The lowest BCUT2D eigenvalue weighted by Crippen LogP contribution is -2.52. The summed E-state index contributed by atoms with van der Waals surface area (Å²) < 4.78 is 13.4. The van der Waals surface area contributed by atoms with Gasteiger partial charge in [-0.05, 0) is 91.5 Å². The Morgan fingerprint density at radius 1 is 0.682 bits per heavy atom. The van der Waals surface area contributed by atoms with Gasteiger partial charge in [0.05, 0.1) is 13.2 Å². The lowest BCUT2D eigenvalue weighted by molar-refractivity contribution is -0.121. The lowest BCUT2D eigenvalue weighted by atomic mass is 9.75. The maximum absolute atomic E-state index is 13.2. The Balaban J connectivity index is 0.681. The van der Waals surface area contributed by atoms with Crippen molar-refractivity contribution in [3.05, 3.63) is 154 Å². The van der Waals surface area contributed by atoms with E-state index in [9.17, 15) is 9.59 Å². The summed E-state index contributed by atoms with van der Waals surface area (Å²) in [5, 5.41) is 6.24. The molecule has 1 aliphatic carbocycles. The van der Waals surface area contributed by atoms with Crippen LogP contribution in [-0.4, -0.2) is 92.2 Å². The highest BCUT2D eigenvalue weighted by Gasteiger charge is 2.61. The molecule has 2 fully saturated rings. The van der Waals surface area contributed by atoms with Crippen LogP contribution in [0.4, 0.5) is 17.1 Å². The molecule has 3 aromatic rings. The van der Waals surface area contributed by atoms with Gasteiger partial charge in [-0.2, -0.15) is 0 Å². The van der Waals surface area contributed by atoms with E-state index in [2.05, 4.69) is 164 Å². The highest BCUT2D eigenvalue weighted by atomic mass is 33.1. The van der Waals surface area contributed by atoms with Crippen LogP contribution in [0.25, 0.3) is 5.57 Å². The molecule has 344 valence electrons. The minimum absolute atomic E-state index is 0.00508. The van der Waals surface area contributed by atoms with E-state index in [0.29, 0.717) is 26.3 Å². The second-order valence-electron chi connectivity index (χ2n) is 19.4. The molecule has 0 aromatic heterocycles. The van der Waals surface area contributed by atoms with Gasteiger partial charge in [-0.15, -0.1) is 0 Å². The number of hydrogen-bond donors (Lipinski definition) is 2. The summed E-state index contributed by atoms with van der Waals surface area (Å²) in [5.74, 6) is 1.53. The van der Waals surface area contributed by atoms with Gasteiger partial charge in [-0.3, -0.25) is 9.59 Å². The van der Waals surface area contributed by atoms with E-state index in [-0.39, 0.29) is 35.7 Å². The highest BCUT2D eigenvalue weighted by molar-refractivity contribution is 8.76.